The molecule has 1 aromatic rings. The molecule has 0 radical (unpaired) electrons. The topological polar surface area (TPSA) is 30.5 Å². The van der Waals surface area contributed by atoms with Crippen LogP contribution in [0, 0.1) is 0 Å². The third-order valence-electron chi connectivity index (χ3n) is 6.29. The van der Waals surface area contributed by atoms with E-state index in [-0.39, 0.29) is 5.73 Å². The van der Waals surface area contributed by atoms with Gasteiger partial charge in [-0.15, -0.1) is 0 Å². The predicted octanol–water partition coefficient (Wildman–Crippen LogP) is 5.31. The number of hydrogen-bond acceptors (Lipinski definition) is 3. The van der Waals surface area contributed by atoms with Crippen molar-refractivity contribution in [3.8, 4) is 0 Å². The van der Waals surface area contributed by atoms with Crippen molar-refractivity contribution in [2.45, 2.75) is 83.5 Å². The first-order chi connectivity index (χ1) is 12.8. The van der Waals surface area contributed by atoms with E-state index in [4.69, 9.17) is 9.31 Å². The highest BCUT2D eigenvalue weighted by Crippen LogP contribution is 2.40. The van der Waals surface area contributed by atoms with Gasteiger partial charge in [-0.1, -0.05) is 56.0 Å². The Balaban J connectivity index is 1.82. The zero-order valence-corrected chi connectivity index (χ0v) is 17.2. The van der Waals surface area contributed by atoms with Crippen LogP contribution in [0.15, 0.2) is 36.1 Å². The smallest absolute Gasteiger partial charge is 0.398 e. The Bertz CT molecular complexity index is 636. The highest BCUT2D eigenvalue weighted by Gasteiger charge is 2.53. The molecule has 0 amide bonds. The van der Waals surface area contributed by atoms with Crippen LogP contribution in [0.3, 0.4) is 0 Å². The molecular weight excluding hydrogens is 340 g/mol. The van der Waals surface area contributed by atoms with Gasteiger partial charge in [0.15, 0.2) is 0 Å². The van der Waals surface area contributed by atoms with Crippen LogP contribution in [-0.2, 0) is 9.31 Å². The van der Waals surface area contributed by atoms with Crippen molar-refractivity contribution in [3.05, 3.63) is 41.6 Å². The number of halogens is 1. The minimum absolute atomic E-state index is 0.319. The average molecular weight is 373 g/mol. The van der Waals surface area contributed by atoms with E-state index in [1.807, 2.05) is 58.0 Å². The largest absolute Gasteiger partial charge is 0.525 e. The van der Waals surface area contributed by atoms with Crippen molar-refractivity contribution in [2.75, 3.05) is 6.54 Å². The second-order valence-electron chi connectivity index (χ2n) is 8.85. The van der Waals surface area contributed by atoms with Crippen molar-refractivity contribution in [1.82, 2.24) is 5.32 Å². The number of nitrogens with one attached hydrogen (secondary N) is 1. The highest BCUT2D eigenvalue weighted by molar-refractivity contribution is 6.55. The molecule has 3 nitrogen and oxygen atoms in total. The Morgan fingerprint density at radius 1 is 1.00 bits per heavy atom. The molecule has 1 aromatic carbocycles. The number of benzene rings is 1. The van der Waals surface area contributed by atoms with Gasteiger partial charge < -0.3 is 14.6 Å². The van der Waals surface area contributed by atoms with E-state index in [0.29, 0.717) is 18.2 Å². The predicted molar refractivity (Wildman–Crippen MR) is 110 cm³/mol. The normalized spacial score (nSPS) is 23.8. The Labute approximate surface area is 163 Å². The molecule has 2 aliphatic rings. The molecule has 0 aromatic heterocycles. The van der Waals surface area contributed by atoms with Crippen LogP contribution in [0.2, 0.25) is 0 Å². The lowest BCUT2D eigenvalue weighted by Crippen LogP contribution is -2.41. The summed E-state index contributed by atoms with van der Waals surface area (Å²) < 4.78 is 27.5. The van der Waals surface area contributed by atoms with Crippen LogP contribution in [0.5, 0.6) is 0 Å². The lowest BCUT2D eigenvalue weighted by Gasteiger charge is -2.32. The molecule has 0 spiro atoms. The second kappa shape index (κ2) is 8.46. The van der Waals surface area contributed by atoms with E-state index in [2.05, 4.69) is 5.32 Å². The minimum atomic E-state index is -0.957. The summed E-state index contributed by atoms with van der Waals surface area (Å²) in [6.07, 6.45) is 7.45. The summed E-state index contributed by atoms with van der Waals surface area (Å²) >= 11 is 0. The van der Waals surface area contributed by atoms with Crippen molar-refractivity contribution in [1.29, 1.82) is 0 Å². The fraction of sp³-hybridized carbons (Fsp3) is 0.636. The van der Waals surface area contributed by atoms with Crippen molar-refractivity contribution >= 4 is 12.7 Å². The van der Waals surface area contributed by atoms with E-state index >= 15 is 4.39 Å². The maximum Gasteiger partial charge on any atom is 0.525 e. The second-order valence-corrected chi connectivity index (χ2v) is 8.85. The van der Waals surface area contributed by atoms with Crippen molar-refractivity contribution < 1.29 is 13.7 Å². The van der Waals surface area contributed by atoms with Gasteiger partial charge >= 0.3 is 7.12 Å². The molecule has 0 unspecified atom stereocenters. The first kappa shape index (κ1) is 20.6. The van der Waals surface area contributed by atoms with Gasteiger partial charge in [0.2, 0.25) is 0 Å². The molecule has 2 fully saturated rings. The maximum absolute atomic E-state index is 15.6. The van der Waals surface area contributed by atoms with Gasteiger partial charge in [0, 0.05) is 18.2 Å². The van der Waals surface area contributed by atoms with Gasteiger partial charge in [-0.2, -0.15) is 0 Å². The molecule has 1 aliphatic carbocycles. The fourth-order valence-corrected chi connectivity index (χ4v) is 3.78. The van der Waals surface area contributed by atoms with Gasteiger partial charge in [-0.3, -0.25) is 0 Å². The number of rotatable bonds is 5. The average Bonchev–Trinajstić information content (AvgIpc) is 2.80. The molecule has 1 saturated heterocycles. The lowest BCUT2D eigenvalue weighted by atomic mass is 9.82. The Kier molecular flexibility index (Phi) is 6.44. The molecule has 3 rings (SSSR count). The first-order valence-corrected chi connectivity index (χ1v) is 10.3. The summed E-state index contributed by atoms with van der Waals surface area (Å²) in [7, 11) is -0.957. The molecule has 1 N–H and O–H groups in total. The van der Waals surface area contributed by atoms with Crippen LogP contribution in [-0.4, -0.2) is 30.9 Å². The van der Waals surface area contributed by atoms with Gasteiger partial charge in [0.05, 0.1) is 11.2 Å². The standard InChI is InChI=1S/C22H33BFNO2/c1-21(2)22(3,4)27-23(26-21)20(24)19(17-12-8-7-9-13-17)16-25-18-14-10-5-6-11-15-18/h7-9,12-13,18,25H,5-6,10-11,14-16H2,1-4H3. The summed E-state index contributed by atoms with van der Waals surface area (Å²) in [6, 6.07) is 10.2. The molecular formula is C22H33BFNO2. The number of hydrogen-bond donors (Lipinski definition) is 1. The van der Waals surface area contributed by atoms with E-state index in [9.17, 15) is 0 Å². The van der Waals surface area contributed by atoms with Gasteiger partial charge in [0.25, 0.3) is 0 Å². The van der Waals surface area contributed by atoms with E-state index in [1.54, 1.807) is 0 Å². The molecule has 0 atom stereocenters. The van der Waals surface area contributed by atoms with Crippen LogP contribution >= 0.6 is 0 Å². The van der Waals surface area contributed by atoms with Gasteiger partial charge in [0.1, 0.15) is 5.73 Å². The molecule has 1 saturated carbocycles. The Morgan fingerprint density at radius 2 is 1.56 bits per heavy atom. The van der Waals surface area contributed by atoms with Crippen LogP contribution in [0.1, 0.15) is 71.8 Å². The molecule has 0 bridgehead atoms. The zero-order chi connectivity index (χ0) is 19.5. The SMILES string of the molecule is CC1(C)OB(C(F)=C(CNC2CCCCCC2)c2ccccc2)OC1(C)C. The summed E-state index contributed by atoms with van der Waals surface area (Å²) in [6.45, 7) is 8.29. The summed E-state index contributed by atoms with van der Waals surface area (Å²) in [5, 5.41) is 3.60. The van der Waals surface area contributed by atoms with Crippen molar-refractivity contribution in [3.63, 3.8) is 0 Å². The fourth-order valence-electron chi connectivity index (χ4n) is 3.78. The molecule has 27 heavy (non-hydrogen) atoms. The van der Waals surface area contributed by atoms with Crippen LogP contribution < -0.4 is 5.32 Å². The quantitative estimate of drug-likeness (QED) is 0.560. The first-order valence-electron chi connectivity index (χ1n) is 10.3. The highest BCUT2D eigenvalue weighted by atomic mass is 19.1. The molecule has 1 heterocycles. The molecule has 148 valence electrons. The Hall–Kier alpha value is -1.17. The van der Waals surface area contributed by atoms with Crippen LogP contribution in [0.4, 0.5) is 4.39 Å². The lowest BCUT2D eigenvalue weighted by molar-refractivity contribution is 0.00578. The summed E-state index contributed by atoms with van der Waals surface area (Å²) in [4.78, 5) is 0. The van der Waals surface area contributed by atoms with E-state index < -0.39 is 18.3 Å². The van der Waals surface area contributed by atoms with Gasteiger partial charge in [-0.25, -0.2) is 4.39 Å². The van der Waals surface area contributed by atoms with Gasteiger partial charge in [-0.05, 0) is 46.1 Å². The maximum atomic E-state index is 15.6. The van der Waals surface area contributed by atoms with Crippen molar-refractivity contribution in [2.24, 2.45) is 0 Å². The minimum Gasteiger partial charge on any atom is -0.398 e. The zero-order valence-electron chi connectivity index (χ0n) is 17.2. The van der Waals surface area contributed by atoms with E-state index in [1.165, 1.54) is 38.5 Å². The third kappa shape index (κ3) is 4.82. The summed E-state index contributed by atoms with van der Waals surface area (Å²) in [5.74, 6) is 0. The summed E-state index contributed by atoms with van der Waals surface area (Å²) in [5.41, 5.74) is 0.0991. The van der Waals surface area contributed by atoms with Crippen LogP contribution in [0.25, 0.3) is 5.57 Å². The Morgan fingerprint density at radius 3 is 2.11 bits per heavy atom. The monoisotopic (exact) mass is 373 g/mol. The third-order valence-corrected chi connectivity index (χ3v) is 6.29. The molecule has 1 aliphatic heterocycles. The molecule has 5 heteroatoms. The van der Waals surface area contributed by atoms with E-state index in [0.717, 1.165) is 5.56 Å².